The number of aliphatic hydroxyl groups is 1. The summed E-state index contributed by atoms with van der Waals surface area (Å²) >= 11 is 4.69. The Morgan fingerprint density at radius 2 is 2.00 bits per heavy atom. The highest BCUT2D eigenvalue weighted by atomic mass is 79.9. The van der Waals surface area contributed by atoms with Crippen molar-refractivity contribution < 1.29 is 19.1 Å². The fourth-order valence-electron chi connectivity index (χ4n) is 3.59. The molecule has 2 aromatic carbocycles. The lowest BCUT2D eigenvalue weighted by Crippen LogP contribution is -2.30. The first-order valence-electron chi connectivity index (χ1n) is 8.99. The summed E-state index contributed by atoms with van der Waals surface area (Å²) in [5.74, 6) is -1.75. The molecule has 1 aliphatic heterocycles. The van der Waals surface area contributed by atoms with Crippen molar-refractivity contribution in [2.45, 2.75) is 6.04 Å². The van der Waals surface area contributed by atoms with E-state index in [2.05, 4.69) is 20.9 Å². The third-order valence-corrected chi connectivity index (χ3v) is 6.16. The highest BCUT2D eigenvalue weighted by Gasteiger charge is 2.46. The first-order chi connectivity index (χ1) is 14.5. The number of furan rings is 1. The molecular formula is C22H13BrN2O4S. The maximum atomic E-state index is 13.4. The molecule has 8 heteroatoms. The Bertz CT molecular complexity index is 1290. The molecule has 0 aliphatic carbocycles. The summed E-state index contributed by atoms with van der Waals surface area (Å²) in [6, 6.07) is 15.3. The Labute approximate surface area is 183 Å². The Kier molecular flexibility index (Phi) is 4.52. The summed E-state index contributed by atoms with van der Waals surface area (Å²) in [4.78, 5) is 32.0. The van der Waals surface area contributed by atoms with Gasteiger partial charge in [-0.1, -0.05) is 46.3 Å². The molecule has 1 amide bonds. The van der Waals surface area contributed by atoms with Crippen LogP contribution in [0.3, 0.4) is 0 Å². The number of nitrogens with zero attached hydrogens (tertiary/aromatic N) is 2. The Morgan fingerprint density at radius 3 is 2.73 bits per heavy atom. The van der Waals surface area contributed by atoms with Crippen LogP contribution < -0.4 is 4.90 Å². The summed E-state index contributed by atoms with van der Waals surface area (Å²) in [5.41, 5.74) is 1.19. The predicted octanol–water partition coefficient (Wildman–Crippen LogP) is 5.43. The molecular weight excluding hydrogens is 468 g/mol. The van der Waals surface area contributed by atoms with Crippen molar-refractivity contribution in [3.8, 4) is 0 Å². The number of Topliss-reactive ketones (excluding diaryl/α,β-unsaturated/α-hetero) is 1. The van der Waals surface area contributed by atoms with Gasteiger partial charge in [-0.05, 0) is 29.8 Å². The number of para-hydroxylation sites is 1. The van der Waals surface area contributed by atoms with Gasteiger partial charge in [-0.2, -0.15) is 0 Å². The van der Waals surface area contributed by atoms with Crippen LogP contribution in [0, 0.1) is 0 Å². The minimum absolute atomic E-state index is 0.0349. The van der Waals surface area contributed by atoms with E-state index in [1.165, 1.54) is 16.2 Å². The number of carbonyl (C=O) groups excluding carboxylic acids is 2. The number of thiazole rings is 1. The highest BCUT2D eigenvalue weighted by Crippen LogP contribution is 2.43. The molecule has 4 aromatic rings. The molecule has 1 N–H and O–H groups in total. The number of hydrogen-bond acceptors (Lipinski definition) is 6. The second-order valence-electron chi connectivity index (χ2n) is 6.69. The van der Waals surface area contributed by atoms with Crippen molar-refractivity contribution in [3.63, 3.8) is 0 Å². The van der Waals surface area contributed by atoms with E-state index in [1.807, 2.05) is 36.4 Å². The van der Waals surface area contributed by atoms with Gasteiger partial charge in [-0.3, -0.25) is 14.5 Å². The van der Waals surface area contributed by atoms with E-state index in [0.717, 1.165) is 9.86 Å². The largest absolute Gasteiger partial charge is 0.503 e. The number of amides is 1. The first kappa shape index (κ1) is 18.8. The smallest absolute Gasteiger partial charge is 0.296 e. The minimum Gasteiger partial charge on any atom is -0.503 e. The molecule has 5 rings (SSSR count). The number of rotatable bonds is 4. The fourth-order valence-corrected chi connectivity index (χ4v) is 4.67. The van der Waals surface area contributed by atoms with Crippen LogP contribution in [0.2, 0.25) is 0 Å². The molecule has 0 fully saturated rings. The van der Waals surface area contributed by atoms with Gasteiger partial charge in [0, 0.05) is 21.4 Å². The van der Waals surface area contributed by atoms with Gasteiger partial charge in [0.15, 0.2) is 16.7 Å². The van der Waals surface area contributed by atoms with Crippen molar-refractivity contribution in [1.29, 1.82) is 0 Å². The van der Waals surface area contributed by atoms with E-state index < -0.39 is 23.5 Å². The van der Waals surface area contributed by atoms with E-state index in [1.54, 1.807) is 29.8 Å². The molecule has 3 heterocycles. The molecule has 0 bridgehead atoms. The van der Waals surface area contributed by atoms with Crippen LogP contribution in [0.5, 0.6) is 0 Å². The third-order valence-electron chi connectivity index (χ3n) is 4.89. The molecule has 0 spiro atoms. The molecule has 148 valence electrons. The Balaban J connectivity index is 1.67. The zero-order chi connectivity index (χ0) is 20.8. The van der Waals surface area contributed by atoms with Crippen molar-refractivity contribution in [3.05, 3.63) is 93.3 Å². The molecule has 30 heavy (non-hydrogen) atoms. The number of anilines is 1. The fraction of sp³-hybridized carbons (Fsp3) is 0.0455. The molecule has 2 aromatic heterocycles. The molecule has 0 saturated carbocycles. The van der Waals surface area contributed by atoms with E-state index in [-0.39, 0.29) is 11.3 Å². The summed E-state index contributed by atoms with van der Waals surface area (Å²) in [7, 11) is 0. The van der Waals surface area contributed by atoms with E-state index >= 15 is 0 Å². The van der Waals surface area contributed by atoms with Crippen molar-refractivity contribution >= 4 is 55.1 Å². The SMILES string of the molecule is O=C(C1=C(O)C(=O)N(c2nccs2)[C@H]1c1cccc(Br)c1)c1cc2ccccc2o1. The number of ketones is 1. The number of aromatic nitrogens is 1. The Hall–Kier alpha value is -3.23. The van der Waals surface area contributed by atoms with Gasteiger partial charge in [-0.25, -0.2) is 4.98 Å². The molecule has 0 unspecified atom stereocenters. The second-order valence-corrected chi connectivity index (χ2v) is 8.48. The zero-order valence-electron chi connectivity index (χ0n) is 15.3. The Morgan fingerprint density at radius 1 is 1.17 bits per heavy atom. The molecule has 1 atom stereocenters. The number of carbonyl (C=O) groups is 2. The van der Waals surface area contributed by atoms with E-state index in [0.29, 0.717) is 16.3 Å². The van der Waals surface area contributed by atoms with Crippen LogP contribution in [0.4, 0.5) is 5.13 Å². The van der Waals surface area contributed by atoms with E-state index in [9.17, 15) is 14.7 Å². The van der Waals surface area contributed by atoms with Crippen LogP contribution in [0.15, 0.2) is 86.4 Å². The monoisotopic (exact) mass is 480 g/mol. The van der Waals surface area contributed by atoms with Crippen LogP contribution in [-0.2, 0) is 4.79 Å². The van der Waals surface area contributed by atoms with Crippen LogP contribution >= 0.6 is 27.3 Å². The van der Waals surface area contributed by atoms with Gasteiger partial charge in [0.1, 0.15) is 5.58 Å². The molecule has 6 nitrogen and oxygen atoms in total. The molecule has 0 radical (unpaired) electrons. The summed E-state index contributed by atoms with van der Waals surface area (Å²) < 4.78 is 6.50. The lowest BCUT2D eigenvalue weighted by molar-refractivity contribution is -0.117. The number of halogens is 1. The standard InChI is InChI=1S/C22H13BrN2O4S/c23-14-6-3-5-13(10-14)18-17(20(27)21(28)25(18)22-24-8-9-30-22)19(26)16-11-12-4-1-2-7-15(12)29-16/h1-11,18,27H/t18-/m0/s1. The third kappa shape index (κ3) is 2.96. The average molecular weight is 481 g/mol. The zero-order valence-corrected chi connectivity index (χ0v) is 17.7. The number of aliphatic hydroxyl groups excluding tert-OH is 1. The normalized spacial score (nSPS) is 16.6. The predicted molar refractivity (Wildman–Crippen MR) is 117 cm³/mol. The van der Waals surface area contributed by atoms with Gasteiger partial charge < -0.3 is 9.52 Å². The maximum Gasteiger partial charge on any atom is 0.296 e. The van der Waals surface area contributed by atoms with Crippen molar-refractivity contribution in [1.82, 2.24) is 4.98 Å². The van der Waals surface area contributed by atoms with Crippen LogP contribution in [-0.4, -0.2) is 21.8 Å². The number of hydrogen-bond donors (Lipinski definition) is 1. The quantitative estimate of drug-likeness (QED) is 0.393. The highest BCUT2D eigenvalue weighted by molar-refractivity contribution is 9.10. The summed E-state index contributed by atoms with van der Waals surface area (Å²) in [6.07, 6.45) is 1.57. The average Bonchev–Trinajstić information content (AvgIpc) is 3.46. The molecule has 1 aliphatic rings. The lowest BCUT2D eigenvalue weighted by Gasteiger charge is -2.24. The number of fused-ring (bicyclic) bond motifs is 1. The van der Waals surface area contributed by atoms with Crippen LogP contribution in [0.25, 0.3) is 11.0 Å². The van der Waals surface area contributed by atoms with Crippen LogP contribution in [0.1, 0.15) is 22.2 Å². The van der Waals surface area contributed by atoms with Gasteiger partial charge >= 0.3 is 0 Å². The van der Waals surface area contributed by atoms with Crippen molar-refractivity contribution in [2.24, 2.45) is 0 Å². The van der Waals surface area contributed by atoms with Crippen molar-refractivity contribution in [2.75, 3.05) is 4.90 Å². The summed E-state index contributed by atoms with van der Waals surface area (Å²) in [5, 5.41) is 13.6. The topological polar surface area (TPSA) is 83.6 Å². The maximum absolute atomic E-state index is 13.4. The first-order valence-corrected chi connectivity index (χ1v) is 10.7. The minimum atomic E-state index is -0.832. The van der Waals surface area contributed by atoms with Gasteiger partial charge in [0.25, 0.3) is 5.91 Å². The van der Waals surface area contributed by atoms with E-state index in [4.69, 9.17) is 4.42 Å². The summed E-state index contributed by atoms with van der Waals surface area (Å²) in [6.45, 7) is 0. The number of benzene rings is 2. The second kappa shape index (κ2) is 7.23. The molecule has 0 saturated heterocycles. The van der Waals surface area contributed by atoms with Gasteiger partial charge in [0.05, 0.1) is 11.6 Å². The van der Waals surface area contributed by atoms with Gasteiger partial charge in [-0.15, -0.1) is 11.3 Å². The van der Waals surface area contributed by atoms with Gasteiger partial charge in [0.2, 0.25) is 5.78 Å². The lowest BCUT2D eigenvalue weighted by atomic mass is 9.95.